The standard InChI is InChI=1S/C32H34N8O4/c1-39-30(35-31(41)24-7-3-2-4-8-24)19-29(37-39)23-11-13-26(14-12-23)34-32(42)28-10-6-5-9-25(28)21-44-22-27-20-40(38-36-27)16-18-43-17-15-33/h2-14,19-20H,15-18,21-22,33H2,1H3,(H,34,42)(H,35,41). The molecule has 0 spiro atoms. The van der Waals surface area contributed by atoms with Crippen LogP contribution >= 0.6 is 0 Å². The number of hydrogen-bond donors (Lipinski definition) is 3. The van der Waals surface area contributed by atoms with Crippen molar-refractivity contribution in [2.45, 2.75) is 19.8 Å². The Hall–Kier alpha value is -5.17. The molecule has 0 bridgehead atoms. The van der Waals surface area contributed by atoms with Crippen LogP contribution in [0.2, 0.25) is 0 Å². The minimum Gasteiger partial charge on any atom is -0.378 e. The van der Waals surface area contributed by atoms with Crippen LogP contribution in [-0.4, -0.2) is 56.3 Å². The van der Waals surface area contributed by atoms with Gasteiger partial charge in [-0.15, -0.1) is 5.10 Å². The van der Waals surface area contributed by atoms with Crippen molar-refractivity contribution in [1.82, 2.24) is 24.8 Å². The molecule has 3 aromatic carbocycles. The zero-order chi connectivity index (χ0) is 30.7. The van der Waals surface area contributed by atoms with Gasteiger partial charge in [0.1, 0.15) is 11.5 Å². The molecule has 44 heavy (non-hydrogen) atoms. The van der Waals surface area contributed by atoms with Crippen LogP contribution < -0.4 is 16.4 Å². The molecule has 4 N–H and O–H groups in total. The normalized spacial score (nSPS) is 11.0. The molecule has 0 saturated carbocycles. The van der Waals surface area contributed by atoms with Gasteiger partial charge in [-0.3, -0.25) is 14.3 Å². The minimum absolute atomic E-state index is 0.211. The lowest BCUT2D eigenvalue weighted by Gasteiger charge is -2.11. The highest BCUT2D eigenvalue weighted by molar-refractivity contribution is 6.05. The number of anilines is 2. The van der Waals surface area contributed by atoms with E-state index in [1.165, 1.54) is 0 Å². The summed E-state index contributed by atoms with van der Waals surface area (Å²) < 4.78 is 14.5. The topological polar surface area (TPSA) is 151 Å². The van der Waals surface area contributed by atoms with Crippen LogP contribution in [0.5, 0.6) is 0 Å². The first-order valence-electron chi connectivity index (χ1n) is 14.1. The summed E-state index contributed by atoms with van der Waals surface area (Å²) in [5, 5.41) is 18.6. The first-order valence-corrected chi connectivity index (χ1v) is 14.1. The lowest BCUT2D eigenvalue weighted by molar-refractivity contribution is 0.0973. The van der Waals surface area contributed by atoms with Gasteiger partial charge in [0.25, 0.3) is 11.8 Å². The zero-order valence-electron chi connectivity index (χ0n) is 24.3. The van der Waals surface area contributed by atoms with E-state index in [9.17, 15) is 9.59 Å². The Kier molecular flexibility index (Phi) is 10.2. The van der Waals surface area contributed by atoms with Gasteiger partial charge in [0.15, 0.2) is 0 Å². The van der Waals surface area contributed by atoms with E-state index in [0.717, 1.165) is 11.1 Å². The number of ether oxygens (including phenoxy) is 2. The van der Waals surface area contributed by atoms with E-state index in [2.05, 4.69) is 26.0 Å². The van der Waals surface area contributed by atoms with Crippen molar-refractivity contribution < 1.29 is 19.1 Å². The van der Waals surface area contributed by atoms with E-state index in [4.69, 9.17) is 15.2 Å². The molecule has 12 heteroatoms. The molecule has 2 aromatic heterocycles. The smallest absolute Gasteiger partial charge is 0.256 e. The van der Waals surface area contributed by atoms with Crippen LogP contribution in [-0.2, 0) is 36.3 Å². The second-order valence-corrected chi connectivity index (χ2v) is 9.91. The molecule has 2 amide bonds. The molecule has 0 atom stereocenters. The number of hydrogen-bond acceptors (Lipinski definition) is 8. The number of rotatable bonds is 14. The van der Waals surface area contributed by atoms with Crippen molar-refractivity contribution in [1.29, 1.82) is 0 Å². The summed E-state index contributed by atoms with van der Waals surface area (Å²) in [6.45, 7) is 2.56. The number of aromatic nitrogens is 5. The SMILES string of the molecule is Cn1nc(-c2ccc(NC(=O)c3ccccc3COCc3cn(CCOCCN)nn3)cc2)cc1NC(=O)c1ccccc1. The number of nitrogens with two attached hydrogens (primary N) is 1. The molecular formula is C32H34N8O4. The maximum atomic E-state index is 13.2. The molecule has 0 aliphatic carbocycles. The monoisotopic (exact) mass is 594 g/mol. The van der Waals surface area contributed by atoms with Crippen molar-refractivity contribution in [3.05, 3.63) is 114 Å². The Balaban J connectivity index is 1.15. The van der Waals surface area contributed by atoms with Crippen molar-refractivity contribution in [2.24, 2.45) is 12.8 Å². The molecule has 226 valence electrons. The third-order valence-corrected chi connectivity index (χ3v) is 6.68. The van der Waals surface area contributed by atoms with Gasteiger partial charge in [-0.25, -0.2) is 4.68 Å². The molecular weight excluding hydrogens is 560 g/mol. The molecule has 0 aliphatic heterocycles. The second kappa shape index (κ2) is 14.8. The summed E-state index contributed by atoms with van der Waals surface area (Å²) in [4.78, 5) is 25.7. The summed E-state index contributed by atoms with van der Waals surface area (Å²) in [5.74, 6) is 0.114. The lowest BCUT2D eigenvalue weighted by atomic mass is 10.1. The largest absolute Gasteiger partial charge is 0.378 e. The fourth-order valence-corrected chi connectivity index (χ4v) is 4.42. The van der Waals surface area contributed by atoms with Crippen molar-refractivity contribution in [2.75, 3.05) is 30.4 Å². The van der Waals surface area contributed by atoms with Gasteiger partial charge < -0.3 is 25.8 Å². The summed E-state index contributed by atoms with van der Waals surface area (Å²) in [6, 6.07) is 25.5. The summed E-state index contributed by atoms with van der Waals surface area (Å²) in [6.07, 6.45) is 1.81. The zero-order valence-corrected chi connectivity index (χ0v) is 24.3. The maximum absolute atomic E-state index is 13.2. The van der Waals surface area contributed by atoms with E-state index in [1.54, 1.807) is 40.8 Å². The Morgan fingerprint density at radius 3 is 2.43 bits per heavy atom. The van der Waals surface area contributed by atoms with E-state index in [0.29, 0.717) is 60.3 Å². The Morgan fingerprint density at radius 1 is 0.864 bits per heavy atom. The van der Waals surface area contributed by atoms with Crippen LogP contribution in [0.4, 0.5) is 11.5 Å². The first kappa shape index (κ1) is 30.3. The summed E-state index contributed by atoms with van der Waals surface area (Å²) >= 11 is 0. The van der Waals surface area contributed by atoms with Crippen molar-refractivity contribution in [3.8, 4) is 11.3 Å². The van der Waals surface area contributed by atoms with Gasteiger partial charge in [-0.05, 0) is 35.9 Å². The quantitative estimate of drug-likeness (QED) is 0.164. The van der Waals surface area contributed by atoms with Gasteiger partial charge in [0.2, 0.25) is 0 Å². The molecule has 12 nitrogen and oxygen atoms in total. The van der Waals surface area contributed by atoms with Gasteiger partial charge in [-0.1, -0.05) is 53.7 Å². The number of nitrogens with one attached hydrogen (secondary N) is 2. The molecule has 0 saturated heterocycles. The molecule has 0 aliphatic rings. The van der Waals surface area contributed by atoms with Crippen LogP contribution in [0.3, 0.4) is 0 Å². The van der Waals surface area contributed by atoms with Crippen LogP contribution in [0, 0.1) is 0 Å². The highest BCUT2D eigenvalue weighted by atomic mass is 16.5. The second-order valence-electron chi connectivity index (χ2n) is 9.91. The van der Waals surface area contributed by atoms with E-state index >= 15 is 0 Å². The fourth-order valence-electron chi connectivity index (χ4n) is 4.42. The number of nitrogens with zero attached hydrogens (tertiary/aromatic N) is 5. The van der Waals surface area contributed by atoms with Gasteiger partial charge >= 0.3 is 0 Å². The highest BCUT2D eigenvalue weighted by Crippen LogP contribution is 2.24. The van der Waals surface area contributed by atoms with Crippen molar-refractivity contribution >= 4 is 23.3 Å². The van der Waals surface area contributed by atoms with E-state index in [-0.39, 0.29) is 25.0 Å². The van der Waals surface area contributed by atoms with Crippen LogP contribution in [0.1, 0.15) is 32.0 Å². The fraction of sp³-hybridized carbons (Fsp3) is 0.219. The summed E-state index contributed by atoms with van der Waals surface area (Å²) in [7, 11) is 1.77. The number of benzene rings is 3. The van der Waals surface area contributed by atoms with Crippen LogP contribution in [0.15, 0.2) is 91.1 Å². The number of carbonyl (C=O) groups is 2. The number of amides is 2. The molecule has 2 heterocycles. The third-order valence-electron chi connectivity index (χ3n) is 6.68. The minimum atomic E-state index is -0.246. The van der Waals surface area contributed by atoms with Gasteiger partial charge in [0, 0.05) is 42.0 Å². The summed E-state index contributed by atoms with van der Waals surface area (Å²) in [5.41, 5.74) is 10.1. The molecule has 0 fully saturated rings. The van der Waals surface area contributed by atoms with Gasteiger partial charge in [-0.2, -0.15) is 5.10 Å². The third kappa shape index (κ3) is 8.01. The highest BCUT2D eigenvalue weighted by Gasteiger charge is 2.14. The average molecular weight is 595 g/mol. The first-order chi connectivity index (χ1) is 21.5. The maximum Gasteiger partial charge on any atom is 0.256 e. The van der Waals surface area contributed by atoms with E-state index in [1.807, 2.05) is 66.7 Å². The Labute approximate surface area is 254 Å². The molecule has 0 unspecified atom stereocenters. The molecule has 0 radical (unpaired) electrons. The Bertz CT molecular complexity index is 1680. The number of carbonyl (C=O) groups excluding carboxylic acids is 2. The number of aryl methyl sites for hydroxylation is 1. The predicted molar refractivity (Wildman–Crippen MR) is 166 cm³/mol. The molecule has 5 aromatic rings. The average Bonchev–Trinajstić information content (AvgIpc) is 3.66. The lowest BCUT2D eigenvalue weighted by Crippen LogP contribution is -2.14. The predicted octanol–water partition coefficient (Wildman–Crippen LogP) is 3.88. The van der Waals surface area contributed by atoms with Gasteiger partial charge in [0.05, 0.1) is 44.9 Å². The van der Waals surface area contributed by atoms with Crippen LogP contribution in [0.25, 0.3) is 11.3 Å². The van der Waals surface area contributed by atoms with E-state index < -0.39 is 0 Å². The Morgan fingerprint density at radius 2 is 1.64 bits per heavy atom. The van der Waals surface area contributed by atoms with Crippen molar-refractivity contribution in [3.63, 3.8) is 0 Å². The molecule has 5 rings (SSSR count).